The molecule has 1 N–H and O–H groups in total. The summed E-state index contributed by atoms with van der Waals surface area (Å²) >= 11 is 0. The minimum Gasteiger partial charge on any atom is -0.338 e. The van der Waals surface area contributed by atoms with E-state index in [9.17, 15) is 8.78 Å². The van der Waals surface area contributed by atoms with Crippen molar-refractivity contribution in [1.82, 2.24) is 14.9 Å². The maximum Gasteiger partial charge on any atom is 0.130 e. The molecule has 1 aromatic heterocycles. The largest absolute Gasteiger partial charge is 0.338 e. The van der Waals surface area contributed by atoms with Gasteiger partial charge < -0.3 is 9.88 Å². The lowest BCUT2D eigenvalue weighted by molar-refractivity contribution is 0.493. The van der Waals surface area contributed by atoms with E-state index < -0.39 is 11.6 Å². The fraction of sp³-hybridized carbons (Fsp3) is 0.400. The van der Waals surface area contributed by atoms with Crippen LogP contribution in [-0.4, -0.2) is 16.6 Å². The van der Waals surface area contributed by atoms with Gasteiger partial charge in [0.2, 0.25) is 0 Å². The average molecular weight is 279 g/mol. The summed E-state index contributed by atoms with van der Waals surface area (Å²) in [5, 5.41) is 3.09. The van der Waals surface area contributed by atoms with E-state index in [1.165, 1.54) is 0 Å². The number of hydrogen-bond acceptors (Lipinski definition) is 2. The molecule has 1 heterocycles. The predicted molar refractivity (Wildman–Crippen MR) is 74.4 cm³/mol. The van der Waals surface area contributed by atoms with Crippen molar-refractivity contribution in [2.24, 2.45) is 7.05 Å². The van der Waals surface area contributed by atoms with Crippen LogP contribution in [0, 0.1) is 18.6 Å². The molecule has 2 rings (SSSR count). The Morgan fingerprint density at radius 2 is 2.05 bits per heavy atom. The second-order valence-corrected chi connectivity index (χ2v) is 4.96. The van der Waals surface area contributed by atoms with E-state index in [0.717, 1.165) is 18.3 Å². The van der Waals surface area contributed by atoms with E-state index in [0.29, 0.717) is 17.5 Å². The van der Waals surface area contributed by atoms with E-state index in [1.807, 2.05) is 17.8 Å². The van der Waals surface area contributed by atoms with E-state index >= 15 is 0 Å². The van der Waals surface area contributed by atoms with Gasteiger partial charge in [-0.3, -0.25) is 0 Å². The number of halogens is 2. The van der Waals surface area contributed by atoms with Crippen molar-refractivity contribution in [2.75, 3.05) is 7.05 Å². The van der Waals surface area contributed by atoms with Crippen molar-refractivity contribution >= 4 is 0 Å². The number of benzene rings is 1. The molecule has 3 nitrogen and oxygen atoms in total. The third-order valence-corrected chi connectivity index (χ3v) is 3.58. The first kappa shape index (κ1) is 14.7. The summed E-state index contributed by atoms with van der Waals surface area (Å²) in [6.45, 7) is 1.64. The van der Waals surface area contributed by atoms with Crippen LogP contribution in [0.5, 0.6) is 0 Å². The molecule has 0 aliphatic heterocycles. The zero-order chi connectivity index (χ0) is 14.7. The molecule has 2 aromatic rings. The van der Waals surface area contributed by atoms with Crippen LogP contribution in [0.2, 0.25) is 0 Å². The summed E-state index contributed by atoms with van der Waals surface area (Å²) < 4.78 is 29.2. The lowest BCUT2D eigenvalue weighted by atomic mass is 9.99. The van der Waals surface area contributed by atoms with Gasteiger partial charge in [0.1, 0.15) is 17.5 Å². The Labute approximate surface area is 117 Å². The second-order valence-electron chi connectivity index (χ2n) is 4.96. The van der Waals surface area contributed by atoms with E-state index in [-0.39, 0.29) is 6.04 Å². The monoisotopic (exact) mass is 279 g/mol. The number of imidazole rings is 1. The van der Waals surface area contributed by atoms with Crippen LogP contribution in [0.4, 0.5) is 8.78 Å². The van der Waals surface area contributed by atoms with Crippen LogP contribution in [0.25, 0.3) is 0 Å². The Hall–Kier alpha value is -1.75. The molecule has 0 aliphatic rings. The molecule has 0 saturated carbocycles. The number of rotatable bonds is 5. The Morgan fingerprint density at radius 1 is 1.30 bits per heavy atom. The normalized spacial score (nSPS) is 12.7. The topological polar surface area (TPSA) is 29.9 Å². The Bertz CT molecular complexity index is 593. The van der Waals surface area contributed by atoms with Crippen molar-refractivity contribution < 1.29 is 8.78 Å². The van der Waals surface area contributed by atoms with Gasteiger partial charge in [0.25, 0.3) is 0 Å². The van der Waals surface area contributed by atoms with Gasteiger partial charge in [-0.25, -0.2) is 13.8 Å². The first-order valence-electron chi connectivity index (χ1n) is 6.62. The summed E-state index contributed by atoms with van der Waals surface area (Å²) in [5.41, 5.74) is 0.958. The van der Waals surface area contributed by atoms with Gasteiger partial charge in [0, 0.05) is 43.5 Å². The molecule has 0 radical (unpaired) electrons. The second kappa shape index (κ2) is 6.13. The zero-order valence-electron chi connectivity index (χ0n) is 12.0. The van der Waals surface area contributed by atoms with Crippen LogP contribution in [0.15, 0.2) is 24.5 Å². The van der Waals surface area contributed by atoms with Gasteiger partial charge in [0.05, 0.1) is 0 Å². The maximum absolute atomic E-state index is 13.9. The van der Waals surface area contributed by atoms with Crippen molar-refractivity contribution in [3.05, 3.63) is 53.1 Å². The molecular weight excluding hydrogens is 260 g/mol. The number of hydrogen-bond donors (Lipinski definition) is 1. The van der Waals surface area contributed by atoms with Crippen molar-refractivity contribution in [1.29, 1.82) is 0 Å². The van der Waals surface area contributed by atoms with Crippen molar-refractivity contribution in [3.8, 4) is 0 Å². The van der Waals surface area contributed by atoms with Crippen LogP contribution >= 0.6 is 0 Å². The number of nitrogens with zero attached hydrogens (tertiary/aromatic N) is 2. The van der Waals surface area contributed by atoms with E-state index in [4.69, 9.17) is 0 Å². The summed E-state index contributed by atoms with van der Waals surface area (Å²) in [4.78, 5) is 4.25. The van der Waals surface area contributed by atoms with Gasteiger partial charge in [-0.15, -0.1) is 0 Å². The molecule has 0 spiro atoms. The highest BCUT2D eigenvalue weighted by Gasteiger charge is 2.17. The lowest BCUT2D eigenvalue weighted by Crippen LogP contribution is -2.19. The van der Waals surface area contributed by atoms with Crippen LogP contribution in [0.3, 0.4) is 0 Å². The minimum absolute atomic E-state index is 0.161. The fourth-order valence-electron chi connectivity index (χ4n) is 2.31. The Morgan fingerprint density at radius 3 is 2.65 bits per heavy atom. The Balaban J connectivity index is 2.16. The zero-order valence-corrected chi connectivity index (χ0v) is 12.0. The van der Waals surface area contributed by atoms with Crippen LogP contribution in [-0.2, 0) is 13.5 Å². The summed E-state index contributed by atoms with van der Waals surface area (Å²) in [7, 11) is 3.71. The first-order valence-corrected chi connectivity index (χ1v) is 6.62. The highest BCUT2D eigenvalue weighted by molar-refractivity contribution is 5.28. The third-order valence-electron chi connectivity index (χ3n) is 3.58. The summed E-state index contributed by atoms with van der Waals surface area (Å²) in [6.07, 6.45) is 5.05. The third kappa shape index (κ3) is 3.04. The maximum atomic E-state index is 13.9. The smallest absolute Gasteiger partial charge is 0.130 e. The van der Waals surface area contributed by atoms with Gasteiger partial charge in [-0.2, -0.15) is 0 Å². The van der Waals surface area contributed by atoms with Crippen molar-refractivity contribution in [2.45, 2.75) is 25.8 Å². The molecule has 20 heavy (non-hydrogen) atoms. The molecule has 108 valence electrons. The van der Waals surface area contributed by atoms with E-state index in [1.54, 1.807) is 26.2 Å². The number of aromatic nitrogens is 2. The molecule has 1 unspecified atom stereocenters. The minimum atomic E-state index is -0.509. The van der Waals surface area contributed by atoms with Gasteiger partial charge in [0.15, 0.2) is 0 Å². The summed E-state index contributed by atoms with van der Waals surface area (Å²) in [5.74, 6) is -0.0676. The molecule has 0 fully saturated rings. The van der Waals surface area contributed by atoms with Crippen molar-refractivity contribution in [3.63, 3.8) is 0 Å². The summed E-state index contributed by atoms with van der Waals surface area (Å²) in [6, 6.07) is 2.37. The molecule has 0 bridgehead atoms. The molecule has 0 amide bonds. The number of aryl methyl sites for hydroxylation is 3. The first-order chi connectivity index (χ1) is 9.52. The standard InChI is InChI=1S/C15H19F2N3/c1-10-8-11(13(17)9-12(10)16)14(18-2)4-5-15-19-6-7-20(15)3/h6-9,14,18H,4-5H2,1-3H3. The van der Waals surface area contributed by atoms with Gasteiger partial charge in [-0.05, 0) is 32.0 Å². The van der Waals surface area contributed by atoms with Gasteiger partial charge in [-0.1, -0.05) is 0 Å². The lowest BCUT2D eigenvalue weighted by Gasteiger charge is -2.18. The highest BCUT2D eigenvalue weighted by atomic mass is 19.1. The predicted octanol–water partition coefficient (Wildman–Crippen LogP) is 2.90. The Kier molecular flexibility index (Phi) is 4.49. The van der Waals surface area contributed by atoms with Crippen LogP contribution < -0.4 is 5.32 Å². The SMILES string of the molecule is CNC(CCc1nccn1C)c1cc(C)c(F)cc1F. The molecule has 1 aromatic carbocycles. The molecule has 0 aliphatic carbocycles. The average Bonchev–Trinajstić information content (AvgIpc) is 2.81. The molecule has 5 heteroatoms. The fourth-order valence-corrected chi connectivity index (χ4v) is 2.31. The molecule has 1 atom stereocenters. The highest BCUT2D eigenvalue weighted by Crippen LogP contribution is 2.24. The van der Waals surface area contributed by atoms with Crippen LogP contribution in [0.1, 0.15) is 29.4 Å². The van der Waals surface area contributed by atoms with Gasteiger partial charge >= 0.3 is 0 Å². The molecular formula is C15H19F2N3. The van der Waals surface area contributed by atoms with E-state index in [2.05, 4.69) is 10.3 Å². The number of nitrogens with one attached hydrogen (secondary N) is 1. The molecule has 0 saturated heterocycles. The quantitative estimate of drug-likeness (QED) is 0.912.